The monoisotopic (exact) mass is 972 g/mol. The summed E-state index contributed by atoms with van der Waals surface area (Å²) >= 11 is 12.7. The fourth-order valence-corrected chi connectivity index (χ4v) is 8.31. The van der Waals surface area contributed by atoms with Gasteiger partial charge < -0.3 is 47.8 Å². The summed E-state index contributed by atoms with van der Waals surface area (Å²) in [5, 5.41) is 11.5. The summed E-state index contributed by atoms with van der Waals surface area (Å²) in [4.78, 5) is 63.7. The van der Waals surface area contributed by atoms with Crippen LogP contribution in [0.15, 0.2) is 61.2 Å². The molecule has 2 aliphatic heterocycles. The van der Waals surface area contributed by atoms with Crippen molar-refractivity contribution in [3.05, 3.63) is 82.4 Å². The lowest BCUT2D eigenvalue weighted by Gasteiger charge is -2.31. The van der Waals surface area contributed by atoms with Crippen LogP contribution in [0.2, 0.25) is 10.0 Å². The van der Waals surface area contributed by atoms with Crippen molar-refractivity contribution in [3.63, 3.8) is 0 Å². The third-order valence-corrected chi connectivity index (χ3v) is 12.1. The molecule has 1 aromatic heterocycles. The zero-order valence-corrected chi connectivity index (χ0v) is 40.8. The Labute approximate surface area is 405 Å². The molecular formula is C50H68Cl2N3O12-. The van der Waals surface area contributed by atoms with Crippen LogP contribution in [0.3, 0.4) is 0 Å². The maximum Gasteiger partial charge on any atom is 0.306 e. The van der Waals surface area contributed by atoms with Gasteiger partial charge >= 0.3 is 17.9 Å². The first-order chi connectivity index (χ1) is 32.3. The van der Waals surface area contributed by atoms with Gasteiger partial charge in [-0.05, 0) is 67.9 Å². The van der Waals surface area contributed by atoms with Gasteiger partial charge in [-0.25, -0.2) is 4.98 Å². The molecule has 3 aromatic rings. The number of imidazole rings is 1. The van der Waals surface area contributed by atoms with Crippen molar-refractivity contribution in [1.29, 1.82) is 0 Å². The highest BCUT2D eigenvalue weighted by molar-refractivity contribution is 6.35. The number of aliphatic carboxylic acids is 1. The molecule has 15 nitrogen and oxygen atoms in total. The minimum atomic E-state index is -1.36. The number of halogens is 2. The third kappa shape index (κ3) is 20.2. The summed E-state index contributed by atoms with van der Waals surface area (Å²) in [5.74, 6) is -2.63. The van der Waals surface area contributed by atoms with Crippen LogP contribution in [-0.4, -0.2) is 96.0 Å². The number of aromatic nitrogens is 2. The van der Waals surface area contributed by atoms with Crippen LogP contribution in [0.5, 0.6) is 5.75 Å². The van der Waals surface area contributed by atoms with E-state index in [-0.39, 0.29) is 44.5 Å². The number of nitrogens with zero attached hydrogens (tertiary/aromatic N) is 3. The average molecular weight is 974 g/mol. The van der Waals surface area contributed by atoms with E-state index in [1.54, 1.807) is 31.6 Å². The SMILES string of the molecule is CC(=O)N1CCC(c2ccc(OCC3COC(Cn4ccnc4)(c4ccc(Cl)cc4Cl)O3)cc2)CC1.CCCCCCCC(=O)OCC(COC(=O)CCCCCCC)OC(=O)CCC(=O)[O-]. The minimum Gasteiger partial charge on any atom is -0.550 e. The van der Waals surface area contributed by atoms with Gasteiger partial charge in [0.1, 0.15) is 31.7 Å². The van der Waals surface area contributed by atoms with E-state index < -0.39 is 42.2 Å². The maximum absolute atomic E-state index is 11.9. The van der Waals surface area contributed by atoms with Gasteiger partial charge in [-0.1, -0.05) is 107 Å². The summed E-state index contributed by atoms with van der Waals surface area (Å²) in [6.45, 7) is 8.10. The Balaban J connectivity index is 0.000000297. The van der Waals surface area contributed by atoms with E-state index in [1.165, 1.54) is 5.56 Å². The van der Waals surface area contributed by atoms with Gasteiger partial charge in [0, 0.05) is 61.8 Å². The molecule has 67 heavy (non-hydrogen) atoms. The first kappa shape index (κ1) is 54.9. The van der Waals surface area contributed by atoms with E-state index in [9.17, 15) is 29.1 Å². The van der Waals surface area contributed by atoms with Gasteiger partial charge in [-0.2, -0.15) is 0 Å². The predicted octanol–water partition coefficient (Wildman–Crippen LogP) is 8.50. The number of carbonyl (C=O) groups is 5. The maximum atomic E-state index is 11.9. The van der Waals surface area contributed by atoms with E-state index in [2.05, 4.69) is 31.0 Å². The number of esters is 3. The van der Waals surface area contributed by atoms with Gasteiger partial charge in [-0.15, -0.1) is 0 Å². The number of carboxylic acid groups (broad SMARTS) is 1. The first-order valence-electron chi connectivity index (χ1n) is 23.7. The van der Waals surface area contributed by atoms with Crippen LogP contribution in [0.1, 0.15) is 141 Å². The molecule has 370 valence electrons. The molecule has 2 aliphatic rings. The van der Waals surface area contributed by atoms with Crippen molar-refractivity contribution in [2.45, 2.75) is 154 Å². The molecule has 17 heteroatoms. The third-order valence-electron chi connectivity index (χ3n) is 11.5. The van der Waals surface area contributed by atoms with Crippen molar-refractivity contribution >= 4 is 53.0 Å². The number of amides is 1. The molecule has 5 rings (SSSR count). The fraction of sp³-hybridized carbons (Fsp3) is 0.600. The lowest BCUT2D eigenvalue weighted by molar-refractivity contribution is -0.305. The van der Waals surface area contributed by atoms with Crippen LogP contribution in [0, 0.1) is 0 Å². The second-order valence-corrected chi connectivity index (χ2v) is 17.8. The van der Waals surface area contributed by atoms with Crippen molar-refractivity contribution in [2.24, 2.45) is 0 Å². The van der Waals surface area contributed by atoms with Gasteiger partial charge in [0.25, 0.3) is 0 Å². The van der Waals surface area contributed by atoms with E-state index in [0.29, 0.717) is 41.3 Å². The minimum absolute atomic E-state index is 0.155. The number of carbonyl (C=O) groups excluding carboxylic acids is 5. The Morgan fingerprint density at radius 3 is 2.00 bits per heavy atom. The van der Waals surface area contributed by atoms with Crippen molar-refractivity contribution < 1.29 is 57.5 Å². The van der Waals surface area contributed by atoms with Crippen LogP contribution in [0.25, 0.3) is 0 Å². The molecule has 0 aliphatic carbocycles. The van der Waals surface area contributed by atoms with Crippen LogP contribution >= 0.6 is 23.2 Å². The number of likely N-dealkylation sites (tertiary alicyclic amines) is 1. The van der Waals surface area contributed by atoms with E-state index in [4.69, 9.17) is 51.6 Å². The number of piperidine rings is 1. The molecule has 2 aromatic carbocycles. The molecule has 0 bridgehead atoms. The van der Waals surface area contributed by atoms with Gasteiger partial charge in [0.15, 0.2) is 6.10 Å². The number of hydrogen-bond donors (Lipinski definition) is 0. The van der Waals surface area contributed by atoms with Crippen LogP contribution < -0.4 is 9.84 Å². The highest BCUT2D eigenvalue weighted by atomic mass is 35.5. The number of rotatable bonds is 27. The quantitative estimate of drug-likeness (QED) is 0.0403. The van der Waals surface area contributed by atoms with Gasteiger partial charge in [0.2, 0.25) is 11.7 Å². The Bertz CT molecular complexity index is 1930. The number of ether oxygens (including phenoxy) is 6. The molecule has 0 spiro atoms. The van der Waals surface area contributed by atoms with E-state index in [0.717, 1.165) is 95.9 Å². The van der Waals surface area contributed by atoms with E-state index >= 15 is 0 Å². The Hall–Kier alpha value is -4.70. The standard InChI is InChI=1S/C27H29Cl2N3O4.C23H40O8/c1-19(33)32-11-8-21(9-12-32)20-2-5-23(6-3-20)34-15-24-16-35-27(36-24,17-31-13-10-30-18-31)25-7-4-22(28)14-26(25)29;1-3-5-7-9-11-13-21(26)29-17-19(31-23(28)16-15-20(24)25)18-30-22(27)14-12-10-8-6-4-2/h2-7,10,13-14,18,21,24H,8-9,11-12,15-17H2,1H3;19H,3-18H2,1-2H3,(H,24,25)/p-1. The zero-order valence-electron chi connectivity index (χ0n) is 39.3. The topological polar surface area (TPSA) is 185 Å². The predicted molar refractivity (Wildman–Crippen MR) is 250 cm³/mol. The normalized spacial score (nSPS) is 17.1. The van der Waals surface area contributed by atoms with E-state index in [1.807, 2.05) is 33.9 Å². The van der Waals surface area contributed by atoms with Crippen molar-refractivity contribution in [2.75, 3.05) is 39.5 Å². The first-order valence-corrected chi connectivity index (χ1v) is 24.5. The number of carboxylic acids is 1. The second kappa shape index (κ2) is 29.9. The lowest BCUT2D eigenvalue weighted by Crippen LogP contribution is -2.36. The smallest absolute Gasteiger partial charge is 0.306 e. The van der Waals surface area contributed by atoms with Crippen molar-refractivity contribution in [1.82, 2.24) is 14.5 Å². The molecule has 0 N–H and O–H groups in total. The molecule has 0 saturated carbocycles. The molecular weight excluding hydrogens is 905 g/mol. The largest absolute Gasteiger partial charge is 0.550 e. The molecule has 2 atom stereocenters. The molecule has 3 heterocycles. The average Bonchev–Trinajstić information content (AvgIpc) is 3.99. The number of benzene rings is 2. The van der Waals surface area contributed by atoms with Gasteiger partial charge in [-0.3, -0.25) is 19.2 Å². The summed E-state index contributed by atoms with van der Waals surface area (Å²) in [5.41, 5.74) is 1.99. The summed E-state index contributed by atoms with van der Waals surface area (Å²) < 4.78 is 36.1. The highest BCUT2D eigenvalue weighted by Crippen LogP contribution is 2.41. The fourth-order valence-electron chi connectivity index (χ4n) is 7.76. The van der Waals surface area contributed by atoms with Gasteiger partial charge in [0.05, 0.1) is 30.9 Å². The van der Waals surface area contributed by atoms with Crippen LogP contribution in [-0.2, 0) is 60.0 Å². The van der Waals surface area contributed by atoms with Crippen LogP contribution in [0.4, 0.5) is 0 Å². The molecule has 0 radical (unpaired) electrons. The summed E-state index contributed by atoms with van der Waals surface area (Å²) in [6, 6.07) is 13.5. The molecule has 2 fully saturated rings. The molecule has 2 unspecified atom stereocenters. The Morgan fingerprint density at radius 1 is 0.821 bits per heavy atom. The lowest BCUT2D eigenvalue weighted by atomic mass is 9.89. The Kier molecular flexibility index (Phi) is 24.5. The molecule has 2 saturated heterocycles. The number of hydrogen-bond acceptors (Lipinski definition) is 13. The highest BCUT2D eigenvalue weighted by Gasteiger charge is 2.45. The number of unbranched alkanes of at least 4 members (excludes halogenated alkanes) is 8. The zero-order chi connectivity index (χ0) is 48.4. The second-order valence-electron chi connectivity index (χ2n) is 17.0. The summed E-state index contributed by atoms with van der Waals surface area (Å²) in [7, 11) is 0. The summed E-state index contributed by atoms with van der Waals surface area (Å²) in [6.07, 6.45) is 15.7. The van der Waals surface area contributed by atoms with Crippen molar-refractivity contribution in [3.8, 4) is 5.75 Å². The molecule has 1 amide bonds. The Morgan fingerprint density at radius 2 is 1.45 bits per heavy atom.